The highest BCUT2D eigenvalue weighted by molar-refractivity contribution is 6.23. The van der Waals surface area contributed by atoms with Crippen LogP contribution in [0.15, 0.2) is 29.1 Å². The first kappa shape index (κ1) is 17.2. The molecule has 1 aromatic heterocycles. The van der Waals surface area contributed by atoms with Crippen molar-refractivity contribution in [1.29, 1.82) is 0 Å². The van der Waals surface area contributed by atoms with Crippen LogP contribution >= 0.6 is 0 Å². The van der Waals surface area contributed by atoms with E-state index >= 15 is 0 Å². The number of hydrogen-bond acceptors (Lipinski definition) is 5. The number of carbonyl (C=O) groups excluding carboxylic acids is 2. The highest BCUT2D eigenvalue weighted by Gasteiger charge is 2.38. The number of hydrogen-bond donors (Lipinski definition) is 3. The minimum Gasteiger partial charge on any atom is -0.478 e. The third kappa shape index (κ3) is 2.41. The minimum atomic E-state index is -5.01. The summed E-state index contributed by atoms with van der Waals surface area (Å²) in [6.07, 6.45) is -5.01. The Morgan fingerprint density at radius 2 is 1.81 bits per heavy atom. The molecule has 0 unspecified atom stereocenters. The van der Waals surface area contributed by atoms with E-state index in [1.54, 1.807) is 0 Å². The molecule has 0 fully saturated rings. The number of halogens is 3. The fourth-order valence-corrected chi connectivity index (χ4v) is 2.72. The van der Waals surface area contributed by atoms with E-state index in [-0.39, 0.29) is 5.56 Å². The zero-order valence-electron chi connectivity index (χ0n) is 12.5. The number of nitrogen functional groups attached to an aromatic ring is 1. The van der Waals surface area contributed by atoms with Crippen LogP contribution in [0, 0.1) is 0 Å². The van der Waals surface area contributed by atoms with Gasteiger partial charge in [-0.05, 0) is 12.1 Å². The molecule has 134 valence electrons. The topological polar surface area (TPSA) is 131 Å². The van der Waals surface area contributed by atoms with E-state index < -0.39 is 57.7 Å². The number of anilines is 1. The zero-order valence-corrected chi connectivity index (χ0v) is 12.5. The number of benzene rings is 1. The number of alkyl halides is 3. The summed E-state index contributed by atoms with van der Waals surface area (Å²) in [7, 11) is 0. The Labute approximate surface area is 141 Å². The van der Waals surface area contributed by atoms with Crippen molar-refractivity contribution in [2.45, 2.75) is 6.18 Å². The number of aromatic nitrogens is 1. The summed E-state index contributed by atoms with van der Waals surface area (Å²) < 4.78 is 39.9. The van der Waals surface area contributed by atoms with Gasteiger partial charge in [-0.2, -0.15) is 13.2 Å². The molecule has 2 aromatic rings. The smallest absolute Gasteiger partial charge is 0.417 e. The lowest BCUT2D eigenvalue weighted by Gasteiger charge is -2.17. The standard InChI is InChI=1S/C15H8F3N3O5/c16-15(17,18)6-2-1-3-7(10(6)14(25)26)21-8(22)4-5-9(11(21)19)13(24)20-12(5)23/h1-4H,19H2,(H,25,26)(H,20,23,24). The number of nitrogens with one attached hydrogen (secondary N) is 1. The monoisotopic (exact) mass is 367 g/mol. The minimum absolute atomic E-state index is 0.336. The van der Waals surface area contributed by atoms with E-state index in [1.165, 1.54) is 0 Å². The van der Waals surface area contributed by atoms with Crippen molar-refractivity contribution in [3.05, 3.63) is 56.9 Å². The van der Waals surface area contributed by atoms with Crippen LogP contribution in [-0.4, -0.2) is 27.5 Å². The first-order valence-corrected chi connectivity index (χ1v) is 6.89. The number of fused-ring (bicyclic) bond motifs is 1. The number of nitrogens with zero attached hydrogens (tertiary/aromatic N) is 1. The third-order valence-corrected chi connectivity index (χ3v) is 3.76. The van der Waals surface area contributed by atoms with Crippen LogP contribution in [0.3, 0.4) is 0 Å². The number of carboxylic acid groups (broad SMARTS) is 1. The molecule has 8 nitrogen and oxygen atoms in total. The molecule has 2 heterocycles. The maximum Gasteiger partial charge on any atom is 0.417 e. The summed E-state index contributed by atoms with van der Waals surface area (Å²) in [5.41, 5.74) is 0.536. The van der Waals surface area contributed by atoms with E-state index in [0.29, 0.717) is 16.7 Å². The first-order chi connectivity index (χ1) is 12.0. The Bertz CT molecular complexity index is 1060. The van der Waals surface area contributed by atoms with E-state index in [4.69, 9.17) is 5.73 Å². The van der Waals surface area contributed by atoms with Crippen LogP contribution in [0.25, 0.3) is 5.69 Å². The van der Waals surface area contributed by atoms with Crippen molar-refractivity contribution in [3.8, 4) is 5.69 Å². The Morgan fingerprint density at radius 3 is 2.38 bits per heavy atom. The van der Waals surface area contributed by atoms with Gasteiger partial charge in [-0.25, -0.2) is 4.79 Å². The van der Waals surface area contributed by atoms with Gasteiger partial charge in [0.1, 0.15) is 5.82 Å². The number of carbonyl (C=O) groups is 3. The van der Waals surface area contributed by atoms with Crippen molar-refractivity contribution in [2.24, 2.45) is 0 Å². The van der Waals surface area contributed by atoms with Gasteiger partial charge in [0.05, 0.1) is 27.9 Å². The van der Waals surface area contributed by atoms with Crippen molar-refractivity contribution in [2.75, 3.05) is 5.73 Å². The predicted octanol–water partition coefficient (Wildman–Crippen LogP) is 1.02. The van der Waals surface area contributed by atoms with Crippen LogP contribution in [0.1, 0.15) is 36.6 Å². The normalized spacial score (nSPS) is 13.5. The molecule has 0 spiro atoms. The number of rotatable bonds is 2. The number of nitrogens with two attached hydrogens (primary N) is 1. The van der Waals surface area contributed by atoms with Gasteiger partial charge >= 0.3 is 12.1 Å². The molecule has 0 aliphatic carbocycles. The number of pyridine rings is 1. The number of amides is 2. The van der Waals surface area contributed by atoms with Gasteiger partial charge in [0.15, 0.2) is 0 Å². The first-order valence-electron chi connectivity index (χ1n) is 6.89. The molecular weight excluding hydrogens is 359 g/mol. The Balaban J connectivity index is 2.42. The van der Waals surface area contributed by atoms with Crippen molar-refractivity contribution >= 4 is 23.6 Å². The molecule has 11 heteroatoms. The summed E-state index contributed by atoms with van der Waals surface area (Å²) in [6.45, 7) is 0. The van der Waals surface area contributed by atoms with Gasteiger partial charge in [-0.15, -0.1) is 0 Å². The molecule has 0 saturated heterocycles. The SMILES string of the molecule is Nc1c2c(cc(=O)n1-c1cccc(C(F)(F)F)c1C(=O)O)C(=O)NC2=O. The van der Waals surface area contributed by atoms with E-state index in [2.05, 4.69) is 0 Å². The molecule has 0 saturated carbocycles. The van der Waals surface area contributed by atoms with Gasteiger partial charge in [0.25, 0.3) is 17.4 Å². The number of imide groups is 1. The second-order valence-electron chi connectivity index (χ2n) is 5.28. The van der Waals surface area contributed by atoms with Crippen LogP contribution in [0.4, 0.5) is 19.0 Å². The average molecular weight is 367 g/mol. The molecule has 3 rings (SSSR count). The molecule has 1 aliphatic rings. The Hall–Kier alpha value is -3.63. The molecule has 26 heavy (non-hydrogen) atoms. The summed E-state index contributed by atoms with van der Waals surface area (Å²) in [4.78, 5) is 47.2. The fraction of sp³-hybridized carbons (Fsp3) is 0.0667. The maximum atomic E-state index is 13.1. The summed E-state index contributed by atoms with van der Waals surface area (Å²) >= 11 is 0. The predicted molar refractivity (Wildman–Crippen MR) is 80.2 cm³/mol. The van der Waals surface area contributed by atoms with Crippen molar-refractivity contribution in [1.82, 2.24) is 9.88 Å². The summed E-state index contributed by atoms with van der Waals surface area (Å²) in [5.74, 6) is -4.42. The highest BCUT2D eigenvalue weighted by atomic mass is 19.4. The van der Waals surface area contributed by atoms with E-state index in [1.807, 2.05) is 5.32 Å². The Kier molecular flexibility index (Phi) is 3.60. The Morgan fingerprint density at radius 1 is 1.15 bits per heavy atom. The molecule has 2 amide bonds. The summed E-state index contributed by atoms with van der Waals surface area (Å²) in [5, 5.41) is 11.1. The van der Waals surface area contributed by atoms with Crippen molar-refractivity contribution in [3.63, 3.8) is 0 Å². The maximum absolute atomic E-state index is 13.1. The number of aromatic carboxylic acids is 1. The molecule has 0 bridgehead atoms. The van der Waals surface area contributed by atoms with Gasteiger partial charge < -0.3 is 10.8 Å². The lowest BCUT2D eigenvalue weighted by molar-refractivity contribution is -0.138. The van der Waals surface area contributed by atoms with Crippen molar-refractivity contribution < 1.29 is 32.7 Å². The quantitative estimate of drug-likeness (QED) is 0.679. The average Bonchev–Trinajstić information content (AvgIpc) is 2.80. The van der Waals surface area contributed by atoms with Crippen LogP contribution in [0.5, 0.6) is 0 Å². The molecular formula is C15H8F3N3O5. The van der Waals surface area contributed by atoms with Gasteiger partial charge in [-0.3, -0.25) is 24.3 Å². The number of carboxylic acids is 1. The third-order valence-electron chi connectivity index (χ3n) is 3.76. The summed E-state index contributed by atoms with van der Waals surface area (Å²) in [6, 6.07) is 3.09. The van der Waals surface area contributed by atoms with Crippen LogP contribution < -0.4 is 16.6 Å². The lowest BCUT2D eigenvalue weighted by Crippen LogP contribution is -2.27. The van der Waals surface area contributed by atoms with Crippen LogP contribution in [0.2, 0.25) is 0 Å². The van der Waals surface area contributed by atoms with Crippen LogP contribution in [-0.2, 0) is 6.18 Å². The van der Waals surface area contributed by atoms with Gasteiger partial charge in [-0.1, -0.05) is 6.07 Å². The molecule has 0 atom stereocenters. The van der Waals surface area contributed by atoms with E-state index in [9.17, 15) is 37.5 Å². The molecule has 0 radical (unpaired) electrons. The van der Waals surface area contributed by atoms with Gasteiger partial charge in [0, 0.05) is 6.07 Å². The molecule has 1 aliphatic heterocycles. The second-order valence-corrected chi connectivity index (χ2v) is 5.28. The molecule has 4 N–H and O–H groups in total. The lowest BCUT2D eigenvalue weighted by atomic mass is 10.0. The van der Waals surface area contributed by atoms with Gasteiger partial charge in [0.2, 0.25) is 0 Å². The van der Waals surface area contributed by atoms with E-state index in [0.717, 1.165) is 12.1 Å². The molecule has 1 aromatic carbocycles. The zero-order chi connectivity index (χ0) is 19.4. The second kappa shape index (κ2) is 5.44. The highest BCUT2D eigenvalue weighted by Crippen LogP contribution is 2.35. The fourth-order valence-electron chi connectivity index (χ4n) is 2.72. The largest absolute Gasteiger partial charge is 0.478 e.